The molecule has 4 aromatic rings. The summed E-state index contributed by atoms with van der Waals surface area (Å²) in [6, 6.07) is 24.3. The van der Waals surface area contributed by atoms with Crippen molar-refractivity contribution in [3.8, 4) is 0 Å². The lowest BCUT2D eigenvalue weighted by Gasteiger charge is -2.27. The summed E-state index contributed by atoms with van der Waals surface area (Å²) in [4.78, 5) is 5.39. The zero-order chi connectivity index (χ0) is 21.6. The van der Waals surface area contributed by atoms with E-state index in [4.69, 9.17) is 27.9 Å². The van der Waals surface area contributed by atoms with Gasteiger partial charge in [0.25, 0.3) is 0 Å². The Hall–Kier alpha value is -2.24. The molecule has 0 fully saturated rings. The number of nitrogens with zero attached hydrogens (tertiary/aromatic N) is 2. The molecule has 0 amide bonds. The quantitative estimate of drug-likeness (QED) is 0.251. The average Bonchev–Trinajstić information content (AvgIpc) is 3.31. The maximum absolute atomic E-state index is 6.79. The van der Waals surface area contributed by atoms with E-state index in [9.17, 15) is 0 Å². The van der Waals surface area contributed by atoms with Crippen molar-refractivity contribution in [1.29, 1.82) is 0 Å². The number of hydrogen-bond acceptors (Lipinski definition) is 3. The fourth-order valence-corrected chi connectivity index (χ4v) is 4.42. The van der Waals surface area contributed by atoms with Gasteiger partial charge in [0.15, 0.2) is 0 Å². The maximum atomic E-state index is 6.79. The first-order valence-electron chi connectivity index (χ1n) is 9.89. The van der Waals surface area contributed by atoms with E-state index >= 15 is 0 Å². The molecule has 31 heavy (non-hydrogen) atoms. The maximum Gasteiger partial charge on any atom is 0.108 e. The molecule has 0 N–H and O–H groups in total. The molecule has 1 aromatic heterocycles. The van der Waals surface area contributed by atoms with Crippen molar-refractivity contribution in [2.45, 2.75) is 23.6 Å². The summed E-state index contributed by atoms with van der Waals surface area (Å²) in [5.74, 6) is 0. The topological polar surface area (TPSA) is 27.1 Å². The first kappa shape index (κ1) is 22.0. The molecular formula is C25H22Cl2N2OS. The van der Waals surface area contributed by atoms with Crippen LogP contribution in [0.25, 0.3) is 0 Å². The van der Waals surface area contributed by atoms with Gasteiger partial charge in [-0.15, -0.1) is 11.8 Å². The van der Waals surface area contributed by atoms with Gasteiger partial charge < -0.3 is 9.30 Å². The molecule has 4 rings (SSSR count). The lowest BCUT2D eigenvalue weighted by Crippen LogP contribution is -2.17. The van der Waals surface area contributed by atoms with Gasteiger partial charge in [-0.3, -0.25) is 0 Å². The third kappa shape index (κ3) is 5.52. The van der Waals surface area contributed by atoms with Gasteiger partial charge in [0.05, 0.1) is 12.9 Å². The van der Waals surface area contributed by atoms with Crippen molar-refractivity contribution < 1.29 is 4.74 Å². The first-order valence-corrected chi connectivity index (χ1v) is 11.9. The van der Waals surface area contributed by atoms with Crippen LogP contribution in [0.2, 0.25) is 10.0 Å². The lowest BCUT2D eigenvalue weighted by molar-refractivity contribution is -0.00320. The Morgan fingerprint density at radius 1 is 0.968 bits per heavy atom. The second-order valence-electron chi connectivity index (χ2n) is 7.11. The van der Waals surface area contributed by atoms with Crippen LogP contribution in [0.4, 0.5) is 0 Å². The van der Waals surface area contributed by atoms with Crippen molar-refractivity contribution in [2.75, 3.05) is 6.26 Å². The molecule has 2 atom stereocenters. The van der Waals surface area contributed by atoms with Gasteiger partial charge in [-0.1, -0.05) is 71.7 Å². The van der Waals surface area contributed by atoms with Gasteiger partial charge in [0.2, 0.25) is 0 Å². The minimum atomic E-state index is -0.301. The number of thioether (sulfide) groups is 1. The van der Waals surface area contributed by atoms with Gasteiger partial charge in [-0.05, 0) is 41.6 Å². The first-order chi connectivity index (χ1) is 15.1. The van der Waals surface area contributed by atoms with Crippen LogP contribution in [-0.2, 0) is 11.3 Å². The van der Waals surface area contributed by atoms with Crippen molar-refractivity contribution in [2.24, 2.45) is 0 Å². The zero-order valence-electron chi connectivity index (χ0n) is 17.0. The van der Waals surface area contributed by atoms with Gasteiger partial charge >= 0.3 is 0 Å². The van der Waals surface area contributed by atoms with E-state index in [1.165, 1.54) is 4.90 Å². The number of rotatable bonds is 8. The second kappa shape index (κ2) is 10.4. The molecule has 6 heteroatoms. The SMILES string of the molecule is CSc1ccc(C(OC(Cn2ccnc2)c2ccc(Cl)cc2Cl)c2ccccc2)cc1. The van der Waals surface area contributed by atoms with Crippen molar-refractivity contribution in [1.82, 2.24) is 9.55 Å². The molecule has 0 aliphatic heterocycles. The molecular weight excluding hydrogens is 447 g/mol. The van der Waals surface area contributed by atoms with E-state index in [-0.39, 0.29) is 12.2 Å². The number of benzene rings is 3. The van der Waals surface area contributed by atoms with Crippen molar-refractivity contribution in [3.63, 3.8) is 0 Å². The highest BCUT2D eigenvalue weighted by atomic mass is 35.5. The van der Waals surface area contributed by atoms with E-state index in [1.54, 1.807) is 30.4 Å². The van der Waals surface area contributed by atoms with E-state index < -0.39 is 0 Å². The predicted octanol–water partition coefficient (Wildman–Crippen LogP) is 7.46. The average molecular weight is 469 g/mol. The number of hydrogen-bond donors (Lipinski definition) is 0. The molecule has 0 saturated carbocycles. The Balaban J connectivity index is 1.73. The zero-order valence-corrected chi connectivity index (χ0v) is 19.3. The number of imidazole rings is 1. The molecule has 1 heterocycles. The standard InChI is InChI=1S/C25H22Cl2N2OS/c1-31-21-10-7-19(8-11-21)25(18-5-3-2-4-6-18)30-24(16-29-14-13-28-17-29)22-12-9-20(26)15-23(22)27/h2-15,17,24-25H,16H2,1H3. The Labute approximate surface area is 197 Å². The predicted molar refractivity (Wildman–Crippen MR) is 129 cm³/mol. The molecule has 3 aromatic carbocycles. The Morgan fingerprint density at radius 2 is 1.71 bits per heavy atom. The smallest absolute Gasteiger partial charge is 0.108 e. The van der Waals surface area contributed by atoms with Crippen LogP contribution in [0.5, 0.6) is 0 Å². The minimum absolute atomic E-state index is 0.252. The van der Waals surface area contributed by atoms with Gasteiger partial charge in [-0.25, -0.2) is 4.98 Å². The fraction of sp³-hybridized carbons (Fsp3) is 0.160. The summed E-state index contributed by atoms with van der Waals surface area (Å²) in [5, 5.41) is 1.18. The largest absolute Gasteiger partial charge is 0.359 e. The van der Waals surface area contributed by atoms with Crippen LogP contribution in [0.1, 0.15) is 28.9 Å². The highest BCUT2D eigenvalue weighted by molar-refractivity contribution is 7.98. The highest BCUT2D eigenvalue weighted by Gasteiger charge is 2.24. The van der Waals surface area contributed by atoms with Gasteiger partial charge in [0.1, 0.15) is 12.2 Å². The number of aromatic nitrogens is 2. The van der Waals surface area contributed by atoms with E-state index in [2.05, 4.69) is 47.6 Å². The third-order valence-corrected chi connectivity index (χ3v) is 6.37. The monoisotopic (exact) mass is 468 g/mol. The second-order valence-corrected chi connectivity index (χ2v) is 8.84. The Kier molecular flexibility index (Phi) is 7.36. The van der Waals surface area contributed by atoms with Crippen LogP contribution < -0.4 is 0 Å². The molecule has 0 bridgehead atoms. The summed E-state index contributed by atoms with van der Waals surface area (Å²) in [6.45, 7) is 0.577. The highest BCUT2D eigenvalue weighted by Crippen LogP contribution is 2.37. The fourth-order valence-electron chi connectivity index (χ4n) is 3.48. The van der Waals surface area contributed by atoms with Crippen LogP contribution in [-0.4, -0.2) is 15.8 Å². The summed E-state index contributed by atoms with van der Waals surface area (Å²) in [6.07, 6.45) is 6.98. The van der Waals surface area contributed by atoms with Gasteiger partial charge in [-0.2, -0.15) is 0 Å². The lowest BCUT2D eigenvalue weighted by atomic mass is 10.0. The number of halogens is 2. The molecule has 2 unspecified atom stereocenters. The molecule has 3 nitrogen and oxygen atoms in total. The van der Waals surface area contributed by atoms with Crippen molar-refractivity contribution in [3.05, 3.63) is 118 Å². The molecule has 0 spiro atoms. The van der Waals surface area contributed by atoms with Crippen LogP contribution >= 0.6 is 35.0 Å². The molecule has 0 aliphatic carbocycles. The minimum Gasteiger partial charge on any atom is -0.359 e. The van der Waals surface area contributed by atoms with Crippen LogP contribution in [0.3, 0.4) is 0 Å². The summed E-state index contributed by atoms with van der Waals surface area (Å²) >= 11 is 14.5. The molecule has 158 valence electrons. The summed E-state index contributed by atoms with van der Waals surface area (Å²) in [5.41, 5.74) is 3.06. The van der Waals surface area contributed by atoms with Crippen molar-refractivity contribution >= 4 is 35.0 Å². The Bertz CT molecular complexity index is 1100. The van der Waals surface area contributed by atoms with E-state index in [1.807, 2.05) is 41.1 Å². The van der Waals surface area contributed by atoms with Crippen LogP contribution in [0.15, 0.2) is 96.4 Å². The third-order valence-electron chi connectivity index (χ3n) is 5.07. The molecule has 0 aliphatic rings. The van der Waals surface area contributed by atoms with E-state index in [0.29, 0.717) is 16.6 Å². The van der Waals surface area contributed by atoms with Gasteiger partial charge in [0, 0.05) is 32.9 Å². The summed E-state index contributed by atoms with van der Waals surface area (Å²) < 4.78 is 8.79. The normalized spacial score (nSPS) is 13.1. The molecule has 0 radical (unpaired) electrons. The number of ether oxygens (including phenoxy) is 1. The molecule has 0 saturated heterocycles. The summed E-state index contributed by atoms with van der Waals surface area (Å²) in [7, 11) is 0. The van der Waals surface area contributed by atoms with Crippen LogP contribution in [0, 0.1) is 0 Å². The van der Waals surface area contributed by atoms with E-state index in [0.717, 1.165) is 16.7 Å². The Morgan fingerprint density at radius 3 is 2.35 bits per heavy atom.